The van der Waals surface area contributed by atoms with Gasteiger partial charge in [-0.05, 0) is 84.6 Å². The second-order valence-electron chi connectivity index (χ2n) is 12.4. The molecule has 1 aliphatic carbocycles. The van der Waals surface area contributed by atoms with E-state index in [1.54, 1.807) is 6.08 Å². The van der Waals surface area contributed by atoms with Gasteiger partial charge in [-0.2, -0.15) is 0 Å². The fourth-order valence-corrected chi connectivity index (χ4v) is 6.46. The van der Waals surface area contributed by atoms with Gasteiger partial charge in [0.15, 0.2) is 8.32 Å². The van der Waals surface area contributed by atoms with Gasteiger partial charge in [0.05, 0.1) is 7.11 Å². The van der Waals surface area contributed by atoms with Crippen LogP contribution in [0.1, 0.15) is 68.8 Å². The van der Waals surface area contributed by atoms with Gasteiger partial charge in [0.1, 0.15) is 0 Å². The largest absolute Gasteiger partial charge is 0.466 e. The molecule has 0 saturated heterocycles. The maximum atomic E-state index is 11.7. The Hall–Kier alpha value is -2.67. The first-order valence-electron chi connectivity index (χ1n) is 14.3. The van der Waals surface area contributed by atoms with Gasteiger partial charge in [0, 0.05) is 48.9 Å². The number of benzene rings is 2. The SMILES string of the molecule is COC(=O)/C=C(\C)c1ccc2c(c1)CCC2N(CCCO[Si](C)(C)C(C)(C)C)CCc1c[nH]c2ccccc12. The van der Waals surface area contributed by atoms with Gasteiger partial charge >= 0.3 is 5.97 Å². The fourth-order valence-electron chi connectivity index (χ4n) is 5.38. The normalized spacial score (nSPS) is 16.2. The zero-order valence-electron chi connectivity index (χ0n) is 24.9. The number of nitrogens with zero attached hydrogens (tertiary/aromatic N) is 1. The van der Waals surface area contributed by atoms with Crippen molar-refractivity contribution in [2.75, 3.05) is 26.8 Å². The molecule has 0 radical (unpaired) electrons. The highest BCUT2D eigenvalue weighted by Gasteiger charge is 2.37. The Morgan fingerprint density at radius 1 is 1.15 bits per heavy atom. The van der Waals surface area contributed by atoms with Crippen molar-refractivity contribution < 1.29 is 14.0 Å². The van der Waals surface area contributed by atoms with Crippen LogP contribution in [0, 0.1) is 0 Å². The lowest BCUT2D eigenvalue weighted by molar-refractivity contribution is -0.134. The molecule has 1 unspecified atom stereocenters. The molecule has 5 nitrogen and oxygen atoms in total. The van der Waals surface area contributed by atoms with Crippen LogP contribution in [-0.4, -0.2) is 51.0 Å². The van der Waals surface area contributed by atoms with E-state index in [1.807, 2.05) is 6.92 Å². The van der Waals surface area contributed by atoms with Crippen LogP contribution in [0.15, 0.2) is 54.7 Å². The first kappa shape index (κ1) is 29.3. The Bertz CT molecular complexity index is 1320. The maximum Gasteiger partial charge on any atom is 0.330 e. The third-order valence-electron chi connectivity index (χ3n) is 8.82. The summed E-state index contributed by atoms with van der Waals surface area (Å²) >= 11 is 0. The smallest absolute Gasteiger partial charge is 0.330 e. The predicted octanol–water partition coefficient (Wildman–Crippen LogP) is 7.69. The molecule has 1 atom stereocenters. The first-order valence-corrected chi connectivity index (χ1v) is 17.2. The van der Waals surface area contributed by atoms with Crippen molar-refractivity contribution in [3.63, 3.8) is 0 Å². The van der Waals surface area contributed by atoms with Crippen LogP contribution in [0.4, 0.5) is 0 Å². The summed E-state index contributed by atoms with van der Waals surface area (Å²) < 4.78 is 11.4. The number of allylic oxidation sites excluding steroid dienone is 1. The third-order valence-corrected chi connectivity index (χ3v) is 13.4. The van der Waals surface area contributed by atoms with Gasteiger partial charge in [-0.3, -0.25) is 4.90 Å². The quantitative estimate of drug-likeness (QED) is 0.116. The molecule has 0 amide bonds. The number of ether oxygens (including phenoxy) is 1. The highest BCUT2D eigenvalue weighted by Crippen LogP contribution is 2.39. The summed E-state index contributed by atoms with van der Waals surface area (Å²) in [6.45, 7) is 16.4. The minimum Gasteiger partial charge on any atom is -0.466 e. The van der Waals surface area contributed by atoms with Crippen molar-refractivity contribution in [3.8, 4) is 0 Å². The summed E-state index contributed by atoms with van der Waals surface area (Å²) in [5.74, 6) is -0.311. The molecule has 2 aromatic carbocycles. The van der Waals surface area contributed by atoms with E-state index in [1.165, 1.54) is 34.7 Å². The van der Waals surface area contributed by atoms with Crippen LogP contribution < -0.4 is 0 Å². The Labute approximate surface area is 235 Å². The molecule has 0 fully saturated rings. The summed E-state index contributed by atoms with van der Waals surface area (Å²) in [7, 11) is -0.333. The number of hydrogen-bond donors (Lipinski definition) is 1. The van der Waals surface area contributed by atoms with Crippen LogP contribution in [0.3, 0.4) is 0 Å². The molecule has 1 aromatic heterocycles. The lowest BCUT2D eigenvalue weighted by atomic mass is 9.99. The molecule has 1 N–H and O–H groups in total. The Morgan fingerprint density at radius 2 is 1.92 bits per heavy atom. The van der Waals surface area contributed by atoms with Crippen molar-refractivity contribution in [2.45, 2.75) is 77.6 Å². The van der Waals surface area contributed by atoms with E-state index in [4.69, 9.17) is 9.16 Å². The predicted molar refractivity (Wildman–Crippen MR) is 165 cm³/mol. The molecule has 210 valence electrons. The number of para-hydroxylation sites is 1. The van der Waals surface area contributed by atoms with Crippen LogP contribution in [0.25, 0.3) is 16.5 Å². The zero-order valence-corrected chi connectivity index (χ0v) is 25.9. The molecule has 0 spiro atoms. The summed E-state index contributed by atoms with van der Waals surface area (Å²) in [6, 6.07) is 15.7. The Morgan fingerprint density at radius 3 is 2.67 bits per heavy atom. The number of aromatic nitrogens is 1. The second-order valence-corrected chi connectivity index (χ2v) is 17.2. The van der Waals surface area contributed by atoms with E-state index in [2.05, 4.69) is 92.4 Å². The minimum atomic E-state index is -1.75. The van der Waals surface area contributed by atoms with Crippen LogP contribution >= 0.6 is 0 Å². The Balaban J connectivity index is 1.50. The van der Waals surface area contributed by atoms with Crippen molar-refractivity contribution >= 4 is 30.8 Å². The summed E-state index contributed by atoms with van der Waals surface area (Å²) in [6.07, 6.45) is 7.97. The van der Waals surface area contributed by atoms with Gasteiger partial charge < -0.3 is 14.1 Å². The molecule has 0 bridgehead atoms. The van der Waals surface area contributed by atoms with Crippen LogP contribution in [0.2, 0.25) is 18.1 Å². The van der Waals surface area contributed by atoms with Gasteiger partial charge in [-0.15, -0.1) is 0 Å². The van der Waals surface area contributed by atoms with E-state index in [9.17, 15) is 4.79 Å². The number of rotatable bonds is 11. The number of fused-ring (bicyclic) bond motifs is 2. The van der Waals surface area contributed by atoms with E-state index >= 15 is 0 Å². The average Bonchev–Trinajstić information content (AvgIpc) is 3.51. The minimum absolute atomic E-state index is 0.227. The van der Waals surface area contributed by atoms with Crippen LogP contribution in [-0.2, 0) is 26.8 Å². The molecule has 0 aliphatic heterocycles. The van der Waals surface area contributed by atoms with E-state index in [0.717, 1.165) is 56.5 Å². The molecule has 4 rings (SSSR count). The van der Waals surface area contributed by atoms with Gasteiger partial charge in [0.25, 0.3) is 0 Å². The topological polar surface area (TPSA) is 54.6 Å². The number of H-pyrrole nitrogens is 1. The van der Waals surface area contributed by atoms with E-state index in [-0.39, 0.29) is 11.0 Å². The number of methoxy groups -OCH3 is 1. The highest BCUT2D eigenvalue weighted by molar-refractivity contribution is 6.74. The second kappa shape index (κ2) is 12.2. The molecule has 1 heterocycles. The monoisotopic (exact) mass is 546 g/mol. The molecule has 6 heteroatoms. The average molecular weight is 547 g/mol. The molecular formula is C33H46N2O3Si. The molecule has 0 saturated carbocycles. The van der Waals surface area contributed by atoms with Gasteiger partial charge in [-0.1, -0.05) is 57.2 Å². The van der Waals surface area contributed by atoms with E-state index < -0.39 is 8.32 Å². The summed E-state index contributed by atoms with van der Waals surface area (Å²) in [5.41, 5.74) is 7.43. The standard InChI is InChI=1S/C33H46N2O3Si/c1-24(21-32(36)37-5)25-13-15-29-26(22-25)14-16-31(29)35(18-10-20-38-39(6,7)33(2,3)4)19-17-27-23-34-30-12-9-8-11-28(27)30/h8-9,11-13,15,21-23,31,34H,10,14,16-20H2,1-7H3/b24-21+. The number of aromatic amines is 1. The van der Waals surface area contributed by atoms with E-state index in [0.29, 0.717) is 6.04 Å². The number of carbonyl (C=O) groups is 1. The zero-order chi connectivity index (χ0) is 28.2. The molecule has 3 aromatic rings. The Kier molecular flexibility index (Phi) is 9.20. The molecule has 39 heavy (non-hydrogen) atoms. The fraction of sp³-hybridized carbons (Fsp3) is 0.485. The van der Waals surface area contributed by atoms with Crippen molar-refractivity contribution in [2.24, 2.45) is 0 Å². The van der Waals surface area contributed by atoms with Crippen molar-refractivity contribution in [1.29, 1.82) is 0 Å². The van der Waals surface area contributed by atoms with Crippen LogP contribution in [0.5, 0.6) is 0 Å². The number of hydrogen-bond acceptors (Lipinski definition) is 4. The number of carbonyl (C=O) groups excluding carboxylic acids is 1. The first-order chi connectivity index (χ1) is 18.5. The summed E-state index contributed by atoms with van der Waals surface area (Å²) in [4.78, 5) is 17.9. The molecule has 1 aliphatic rings. The lowest BCUT2D eigenvalue weighted by Crippen LogP contribution is -2.41. The maximum absolute atomic E-state index is 11.7. The third kappa shape index (κ3) is 6.92. The molecular weight excluding hydrogens is 500 g/mol. The van der Waals surface area contributed by atoms with Gasteiger partial charge in [0.2, 0.25) is 0 Å². The number of nitrogens with one attached hydrogen (secondary N) is 1. The van der Waals surface area contributed by atoms with Gasteiger partial charge in [-0.25, -0.2) is 4.79 Å². The number of aryl methyl sites for hydroxylation is 1. The number of esters is 1. The van der Waals surface area contributed by atoms with Crippen molar-refractivity contribution in [1.82, 2.24) is 9.88 Å². The highest BCUT2D eigenvalue weighted by atomic mass is 28.4. The lowest BCUT2D eigenvalue weighted by Gasteiger charge is -2.36. The van der Waals surface area contributed by atoms with Crippen molar-refractivity contribution in [3.05, 3.63) is 77.0 Å². The summed E-state index contributed by atoms with van der Waals surface area (Å²) in [5, 5.41) is 1.55.